The Morgan fingerprint density at radius 2 is 2.35 bits per heavy atom. The van der Waals surface area contributed by atoms with Crippen LogP contribution in [0.5, 0.6) is 5.75 Å². The molecule has 2 rings (SSSR count). The Hall–Kier alpha value is -1.66. The van der Waals surface area contributed by atoms with Gasteiger partial charge in [0, 0.05) is 12.3 Å². The molecule has 0 fully saturated rings. The molecule has 1 aromatic carbocycles. The first kappa shape index (κ1) is 11.8. The number of aryl methyl sites for hydroxylation is 1. The van der Waals surface area contributed by atoms with Crippen LogP contribution in [0, 0.1) is 12.7 Å². The van der Waals surface area contributed by atoms with Crippen molar-refractivity contribution in [2.24, 2.45) is 5.84 Å². The quantitative estimate of drug-likeness (QED) is 0.649. The number of benzene rings is 1. The summed E-state index contributed by atoms with van der Waals surface area (Å²) < 4.78 is 18.7. The molecule has 0 aliphatic heterocycles. The van der Waals surface area contributed by atoms with Gasteiger partial charge in [-0.15, -0.1) is 0 Å². The maximum absolute atomic E-state index is 13.2. The zero-order valence-electron chi connectivity index (χ0n) is 9.24. The number of thiazole rings is 1. The van der Waals surface area contributed by atoms with E-state index in [1.54, 1.807) is 25.3 Å². The van der Waals surface area contributed by atoms with E-state index < -0.39 is 0 Å². The molecule has 1 heterocycles. The molecule has 0 spiro atoms. The van der Waals surface area contributed by atoms with Crippen molar-refractivity contribution in [2.75, 3.05) is 5.43 Å². The van der Waals surface area contributed by atoms with E-state index in [1.165, 1.54) is 17.4 Å². The second-order valence-electron chi connectivity index (χ2n) is 3.48. The van der Waals surface area contributed by atoms with E-state index in [0.29, 0.717) is 23.1 Å². The van der Waals surface area contributed by atoms with Crippen molar-refractivity contribution in [3.05, 3.63) is 40.7 Å². The zero-order chi connectivity index (χ0) is 12.3. The minimum absolute atomic E-state index is 0.267. The average molecular weight is 253 g/mol. The van der Waals surface area contributed by atoms with Crippen molar-refractivity contribution < 1.29 is 9.13 Å². The molecule has 3 N–H and O–H groups in total. The van der Waals surface area contributed by atoms with Crippen LogP contribution in [-0.4, -0.2) is 4.98 Å². The average Bonchev–Trinajstić information content (AvgIpc) is 2.79. The molecule has 17 heavy (non-hydrogen) atoms. The van der Waals surface area contributed by atoms with Crippen LogP contribution < -0.4 is 16.0 Å². The van der Waals surface area contributed by atoms with E-state index in [0.717, 1.165) is 4.88 Å². The standard InChI is InChI=1S/C11H12FN3OS/c1-7-2-3-8(4-10(7)12)16-6-9-5-14-11(15-13)17-9/h2-5H,6,13H2,1H3,(H,14,15). The molecule has 0 amide bonds. The summed E-state index contributed by atoms with van der Waals surface area (Å²) in [4.78, 5) is 4.92. The predicted molar refractivity (Wildman–Crippen MR) is 65.4 cm³/mol. The van der Waals surface area contributed by atoms with Gasteiger partial charge in [-0.3, -0.25) is 5.43 Å². The fourth-order valence-corrected chi connectivity index (χ4v) is 1.89. The van der Waals surface area contributed by atoms with Crippen LogP contribution in [0.1, 0.15) is 10.4 Å². The third-order valence-corrected chi connectivity index (χ3v) is 3.10. The number of nitrogens with two attached hydrogens (primary N) is 1. The van der Waals surface area contributed by atoms with Crippen LogP contribution in [-0.2, 0) is 6.61 Å². The van der Waals surface area contributed by atoms with Crippen molar-refractivity contribution >= 4 is 16.5 Å². The summed E-state index contributed by atoms with van der Waals surface area (Å²) in [6.45, 7) is 2.06. The van der Waals surface area contributed by atoms with Crippen LogP contribution in [0.2, 0.25) is 0 Å². The number of hydrogen-bond acceptors (Lipinski definition) is 5. The number of hydrazine groups is 1. The van der Waals surface area contributed by atoms with E-state index in [-0.39, 0.29) is 5.82 Å². The lowest BCUT2D eigenvalue weighted by Crippen LogP contribution is -2.05. The number of ether oxygens (including phenoxy) is 1. The summed E-state index contributed by atoms with van der Waals surface area (Å²) in [5.74, 6) is 5.45. The molecule has 0 aliphatic rings. The molecule has 2 aromatic rings. The lowest BCUT2D eigenvalue weighted by atomic mass is 10.2. The SMILES string of the molecule is Cc1ccc(OCc2cnc(NN)s2)cc1F. The van der Waals surface area contributed by atoms with Crippen molar-refractivity contribution in [1.29, 1.82) is 0 Å². The number of halogens is 1. The first-order chi connectivity index (χ1) is 8.19. The van der Waals surface area contributed by atoms with Crippen molar-refractivity contribution in [3.63, 3.8) is 0 Å². The van der Waals surface area contributed by atoms with Gasteiger partial charge >= 0.3 is 0 Å². The molecule has 0 atom stereocenters. The highest BCUT2D eigenvalue weighted by atomic mass is 32.1. The molecule has 90 valence electrons. The summed E-state index contributed by atoms with van der Waals surface area (Å²) in [5, 5.41) is 0.624. The Labute approximate surface area is 102 Å². The van der Waals surface area contributed by atoms with Gasteiger partial charge in [-0.2, -0.15) is 0 Å². The third-order valence-electron chi connectivity index (χ3n) is 2.20. The number of nitrogens with zero attached hydrogens (tertiary/aromatic N) is 1. The highest BCUT2D eigenvalue weighted by Gasteiger charge is 2.03. The van der Waals surface area contributed by atoms with Crippen molar-refractivity contribution in [3.8, 4) is 5.75 Å². The molecule has 0 unspecified atom stereocenters. The number of rotatable bonds is 4. The highest BCUT2D eigenvalue weighted by molar-refractivity contribution is 7.15. The molecule has 0 saturated heterocycles. The second kappa shape index (κ2) is 5.11. The third kappa shape index (κ3) is 2.92. The molecule has 1 aromatic heterocycles. The molecule has 0 bridgehead atoms. The molecular weight excluding hydrogens is 241 g/mol. The summed E-state index contributed by atoms with van der Waals surface area (Å²) >= 11 is 1.39. The van der Waals surface area contributed by atoms with Crippen molar-refractivity contribution in [2.45, 2.75) is 13.5 Å². The van der Waals surface area contributed by atoms with Gasteiger partial charge in [0.15, 0.2) is 5.13 Å². The summed E-state index contributed by atoms with van der Waals surface area (Å²) in [6, 6.07) is 4.80. The first-order valence-electron chi connectivity index (χ1n) is 4.99. The fraction of sp³-hybridized carbons (Fsp3) is 0.182. The fourth-order valence-electron chi connectivity index (χ4n) is 1.26. The van der Waals surface area contributed by atoms with E-state index in [4.69, 9.17) is 10.6 Å². The molecule has 6 heteroatoms. The van der Waals surface area contributed by atoms with Gasteiger partial charge in [0.05, 0.1) is 4.88 Å². The second-order valence-corrected chi connectivity index (χ2v) is 4.59. The Morgan fingerprint density at radius 1 is 1.53 bits per heavy atom. The summed E-state index contributed by atoms with van der Waals surface area (Å²) in [6.07, 6.45) is 1.67. The maximum atomic E-state index is 13.2. The molecule has 4 nitrogen and oxygen atoms in total. The van der Waals surface area contributed by atoms with Crippen molar-refractivity contribution in [1.82, 2.24) is 4.98 Å². The predicted octanol–water partition coefficient (Wildman–Crippen LogP) is 2.46. The molecule has 0 aliphatic carbocycles. The number of aromatic nitrogens is 1. The summed E-state index contributed by atoms with van der Waals surface area (Å²) in [7, 11) is 0. The van der Waals surface area contributed by atoms with Gasteiger partial charge in [-0.25, -0.2) is 15.2 Å². The van der Waals surface area contributed by atoms with Crippen LogP contribution in [0.15, 0.2) is 24.4 Å². The van der Waals surface area contributed by atoms with Gasteiger partial charge in [-0.1, -0.05) is 17.4 Å². The largest absolute Gasteiger partial charge is 0.488 e. The first-order valence-corrected chi connectivity index (χ1v) is 5.81. The Balaban J connectivity index is 1.99. The zero-order valence-corrected chi connectivity index (χ0v) is 10.1. The Bertz CT molecular complexity index is 515. The van der Waals surface area contributed by atoms with Gasteiger partial charge in [0.2, 0.25) is 0 Å². The number of nitrogen functional groups attached to an aromatic ring is 1. The monoisotopic (exact) mass is 253 g/mol. The molecule has 0 saturated carbocycles. The lowest BCUT2D eigenvalue weighted by molar-refractivity contribution is 0.308. The number of hydrogen-bond donors (Lipinski definition) is 2. The van der Waals surface area contributed by atoms with Crippen LogP contribution >= 0.6 is 11.3 Å². The van der Waals surface area contributed by atoms with Gasteiger partial charge < -0.3 is 4.74 Å². The Kier molecular flexibility index (Phi) is 3.55. The van der Waals surface area contributed by atoms with Gasteiger partial charge in [-0.05, 0) is 18.6 Å². The van der Waals surface area contributed by atoms with Gasteiger partial charge in [0.25, 0.3) is 0 Å². The normalized spacial score (nSPS) is 10.3. The smallest absolute Gasteiger partial charge is 0.197 e. The Morgan fingerprint density at radius 3 is 3.00 bits per heavy atom. The minimum atomic E-state index is -0.267. The number of anilines is 1. The van der Waals surface area contributed by atoms with Crippen LogP contribution in [0.25, 0.3) is 0 Å². The lowest BCUT2D eigenvalue weighted by Gasteiger charge is -2.05. The van der Waals surface area contributed by atoms with Crippen LogP contribution in [0.4, 0.5) is 9.52 Å². The summed E-state index contributed by atoms with van der Waals surface area (Å²) in [5.41, 5.74) is 3.06. The number of nitrogens with one attached hydrogen (secondary N) is 1. The topological polar surface area (TPSA) is 60.2 Å². The van der Waals surface area contributed by atoms with E-state index >= 15 is 0 Å². The van der Waals surface area contributed by atoms with E-state index in [1.807, 2.05) is 0 Å². The van der Waals surface area contributed by atoms with Crippen LogP contribution in [0.3, 0.4) is 0 Å². The molecular formula is C11H12FN3OS. The minimum Gasteiger partial charge on any atom is -0.488 e. The van der Waals surface area contributed by atoms with E-state index in [2.05, 4.69) is 10.4 Å². The molecule has 0 radical (unpaired) electrons. The van der Waals surface area contributed by atoms with E-state index in [9.17, 15) is 4.39 Å². The maximum Gasteiger partial charge on any atom is 0.197 e. The highest BCUT2D eigenvalue weighted by Crippen LogP contribution is 2.21. The van der Waals surface area contributed by atoms with Gasteiger partial charge in [0.1, 0.15) is 18.2 Å².